The van der Waals surface area contributed by atoms with Crippen molar-refractivity contribution < 1.29 is 9.53 Å². The highest BCUT2D eigenvalue weighted by Gasteiger charge is 2.05. The Bertz CT molecular complexity index is 288. The summed E-state index contributed by atoms with van der Waals surface area (Å²) >= 11 is 5.61. The Morgan fingerprint density at radius 2 is 1.94 bits per heavy atom. The highest BCUT2D eigenvalue weighted by Crippen LogP contribution is 2.07. The van der Waals surface area contributed by atoms with E-state index in [9.17, 15) is 4.79 Å². The van der Waals surface area contributed by atoms with Crippen LogP contribution < -0.4 is 5.73 Å². The summed E-state index contributed by atoms with van der Waals surface area (Å²) in [6, 6.07) is 7.26. The quantitative estimate of drug-likeness (QED) is 0.813. The molecule has 1 atom stereocenters. The number of ether oxygens (including phenoxy) is 1. The summed E-state index contributed by atoms with van der Waals surface area (Å²) in [5.74, 6) is -0.340. The largest absolute Gasteiger partial charge is 0.465 e. The van der Waals surface area contributed by atoms with Gasteiger partial charge in [-0.2, -0.15) is 0 Å². The molecule has 3 nitrogen and oxygen atoms in total. The Kier molecular flexibility index (Phi) is 7.60. The molecule has 0 saturated carbocycles. The summed E-state index contributed by atoms with van der Waals surface area (Å²) in [7, 11) is 0. The maximum Gasteiger partial charge on any atom is 0.322 e. The van der Waals surface area contributed by atoms with E-state index in [1.807, 2.05) is 31.2 Å². The normalized spacial score (nSPS) is 11.1. The van der Waals surface area contributed by atoms with E-state index in [0.717, 1.165) is 5.02 Å². The van der Waals surface area contributed by atoms with Gasteiger partial charge in [-0.3, -0.25) is 4.79 Å². The number of benzene rings is 1. The molecule has 0 aliphatic rings. The number of halogens is 1. The molecule has 0 saturated heterocycles. The fourth-order valence-corrected chi connectivity index (χ4v) is 0.933. The van der Waals surface area contributed by atoms with E-state index in [4.69, 9.17) is 17.3 Å². The molecule has 0 heterocycles. The molecular weight excluding hydrogens is 226 g/mol. The second-order valence-electron chi connectivity index (χ2n) is 3.34. The zero-order valence-corrected chi connectivity index (χ0v) is 10.6. The predicted molar refractivity (Wildman–Crippen MR) is 66.5 cm³/mol. The number of aryl methyl sites for hydroxylation is 1. The molecule has 1 aromatic carbocycles. The van der Waals surface area contributed by atoms with Gasteiger partial charge >= 0.3 is 5.97 Å². The van der Waals surface area contributed by atoms with Crippen LogP contribution in [0.1, 0.15) is 19.4 Å². The van der Waals surface area contributed by atoms with E-state index in [2.05, 4.69) is 4.74 Å². The third-order valence-electron chi connectivity index (χ3n) is 1.67. The first-order valence-corrected chi connectivity index (χ1v) is 5.49. The van der Waals surface area contributed by atoms with Crippen molar-refractivity contribution in [3.63, 3.8) is 0 Å². The van der Waals surface area contributed by atoms with Crippen LogP contribution in [0, 0.1) is 6.92 Å². The highest BCUT2D eigenvalue weighted by atomic mass is 35.5. The molecule has 1 rings (SSSR count). The first-order chi connectivity index (χ1) is 7.47. The number of carbonyl (C=O) groups is 1. The van der Waals surface area contributed by atoms with Gasteiger partial charge < -0.3 is 10.5 Å². The highest BCUT2D eigenvalue weighted by molar-refractivity contribution is 6.30. The zero-order valence-electron chi connectivity index (χ0n) is 9.87. The molecule has 0 radical (unpaired) electrons. The lowest BCUT2D eigenvalue weighted by Gasteiger charge is -2.02. The third kappa shape index (κ3) is 7.26. The lowest BCUT2D eigenvalue weighted by molar-refractivity contribution is -0.144. The second-order valence-corrected chi connectivity index (χ2v) is 3.77. The van der Waals surface area contributed by atoms with Gasteiger partial charge in [0.15, 0.2) is 0 Å². The summed E-state index contributed by atoms with van der Waals surface area (Å²) in [5.41, 5.74) is 6.39. The van der Waals surface area contributed by atoms with Crippen LogP contribution in [0.25, 0.3) is 0 Å². The predicted octanol–water partition coefficient (Wildman–Crippen LogP) is 2.55. The molecular formula is C12H18ClNO2. The lowest BCUT2D eigenvalue weighted by atomic mass is 10.2. The summed E-state index contributed by atoms with van der Waals surface area (Å²) in [5, 5.41) is 0.801. The molecule has 2 N–H and O–H groups in total. The van der Waals surface area contributed by atoms with Crippen LogP contribution in [0.2, 0.25) is 5.02 Å². The van der Waals surface area contributed by atoms with E-state index in [-0.39, 0.29) is 5.97 Å². The van der Waals surface area contributed by atoms with Crippen LogP contribution in [0.5, 0.6) is 0 Å². The SMILES string of the molecule is CCOC(=O)C(C)N.Cc1ccc(Cl)cc1. The van der Waals surface area contributed by atoms with Gasteiger partial charge in [0.05, 0.1) is 6.61 Å². The van der Waals surface area contributed by atoms with Gasteiger partial charge in [0, 0.05) is 5.02 Å². The first-order valence-electron chi connectivity index (χ1n) is 5.11. The maximum atomic E-state index is 10.4. The van der Waals surface area contributed by atoms with Gasteiger partial charge in [0.1, 0.15) is 6.04 Å². The molecule has 90 valence electrons. The number of esters is 1. The van der Waals surface area contributed by atoms with Crippen LogP contribution in [0.4, 0.5) is 0 Å². The Morgan fingerprint density at radius 3 is 2.19 bits per heavy atom. The standard InChI is InChI=1S/C7H7Cl.C5H11NO2/c1-6-2-4-7(8)5-3-6;1-3-8-5(7)4(2)6/h2-5H,1H3;4H,3,6H2,1-2H3. The van der Waals surface area contributed by atoms with Crippen molar-refractivity contribution in [3.05, 3.63) is 34.9 Å². The van der Waals surface area contributed by atoms with Crippen molar-refractivity contribution in [2.24, 2.45) is 5.73 Å². The fourth-order valence-electron chi connectivity index (χ4n) is 0.807. The average molecular weight is 244 g/mol. The Hall–Kier alpha value is -1.06. The Labute approximate surface area is 102 Å². The van der Waals surface area contributed by atoms with Crippen LogP contribution >= 0.6 is 11.6 Å². The molecule has 0 bridgehead atoms. The van der Waals surface area contributed by atoms with Gasteiger partial charge in [-0.1, -0.05) is 29.3 Å². The molecule has 0 spiro atoms. The summed E-state index contributed by atoms with van der Waals surface area (Å²) in [6.45, 7) is 5.79. The molecule has 0 amide bonds. The van der Waals surface area contributed by atoms with E-state index < -0.39 is 6.04 Å². The van der Waals surface area contributed by atoms with Crippen LogP contribution in [-0.4, -0.2) is 18.6 Å². The van der Waals surface area contributed by atoms with Crippen molar-refractivity contribution >= 4 is 17.6 Å². The van der Waals surface area contributed by atoms with Gasteiger partial charge in [-0.25, -0.2) is 0 Å². The lowest BCUT2D eigenvalue weighted by Crippen LogP contribution is -2.28. The van der Waals surface area contributed by atoms with Gasteiger partial charge in [-0.15, -0.1) is 0 Å². The topological polar surface area (TPSA) is 52.3 Å². The molecule has 4 heteroatoms. The molecule has 16 heavy (non-hydrogen) atoms. The van der Waals surface area contributed by atoms with E-state index in [1.54, 1.807) is 13.8 Å². The summed E-state index contributed by atoms with van der Waals surface area (Å²) < 4.78 is 4.54. The number of rotatable bonds is 2. The van der Waals surface area contributed by atoms with Crippen LogP contribution in [0.15, 0.2) is 24.3 Å². The number of carbonyl (C=O) groups excluding carboxylic acids is 1. The van der Waals surface area contributed by atoms with Crippen LogP contribution in [0.3, 0.4) is 0 Å². The van der Waals surface area contributed by atoms with E-state index >= 15 is 0 Å². The molecule has 0 aromatic heterocycles. The minimum absolute atomic E-state index is 0.340. The fraction of sp³-hybridized carbons (Fsp3) is 0.417. The molecule has 0 aliphatic heterocycles. The van der Waals surface area contributed by atoms with Crippen molar-refractivity contribution in [1.29, 1.82) is 0 Å². The molecule has 0 fully saturated rings. The van der Waals surface area contributed by atoms with Crippen molar-refractivity contribution in [2.45, 2.75) is 26.8 Å². The van der Waals surface area contributed by atoms with Crippen molar-refractivity contribution in [2.75, 3.05) is 6.61 Å². The monoisotopic (exact) mass is 243 g/mol. The van der Waals surface area contributed by atoms with Gasteiger partial charge in [-0.05, 0) is 32.9 Å². The second kappa shape index (κ2) is 8.13. The molecule has 0 aliphatic carbocycles. The summed E-state index contributed by atoms with van der Waals surface area (Å²) in [4.78, 5) is 10.4. The number of nitrogens with two attached hydrogens (primary N) is 1. The van der Waals surface area contributed by atoms with Gasteiger partial charge in [0.2, 0.25) is 0 Å². The third-order valence-corrected chi connectivity index (χ3v) is 1.92. The minimum Gasteiger partial charge on any atom is -0.465 e. The number of hydrogen-bond acceptors (Lipinski definition) is 3. The minimum atomic E-state index is -0.491. The maximum absolute atomic E-state index is 10.4. The average Bonchev–Trinajstić information content (AvgIpc) is 2.24. The first kappa shape index (κ1) is 14.9. The van der Waals surface area contributed by atoms with Gasteiger partial charge in [0.25, 0.3) is 0 Å². The summed E-state index contributed by atoms with van der Waals surface area (Å²) in [6.07, 6.45) is 0. The van der Waals surface area contributed by atoms with Crippen molar-refractivity contribution in [1.82, 2.24) is 0 Å². The Balaban J connectivity index is 0.000000281. The van der Waals surface area contributed by atoms with Crippen LogP contribution in [-0.2, 0) is 9.53 Å². The zero-order chi connectivity index (χ0) is 12.6. The van der Waals surface area contributed by atoms with E-state index in [0.29, 0.717) is 6.61 Å². The van der Waals surface area contributed by atoms with E-state index in [1.165, 1.54) is 5.56 Å². The van der Waals surface area contributed by atoms with Crippen molar-refractivity contribution in [3.8, 4) is 0 Å². The molecule has 1 unspecified atom stereocenters. The molecule has 1 aromatic rings. The Morgan fingerprint density at radius 1 is 1.44 bits per heavy atom. The smallest absolute Gasteiger partial charge is 0.322 e. The number of hydrogen-bond donors (Lipinski definition) is 1.